The number of hydrogen-bond donors (Lipinski definition) is 1. The van der Waals surface area contributed by atoms with Gasteiger partial charge in [-0.15, -0.1) is 0 Å². The molecule has 1 aliphatic heterocycles. The van der Waals surface area contributed by atoms with E-state index in [2.05, 4.69) is 10.3 Å². The van der Waals surface area contributed by atoms with Crippen LogP contribution < -0.4 is 5.32 Å². The lowest BCUT2D eigenvalue weighted by atomic mass is 9.88. The van der Waals surface area contributed by atoms with E-state index in [4.69, 9.17) is 0 Å². The number of carbonyl (C=O) groups is 2. The third-order valence-electron chi connectivity index (χ3n) is 5.89. The molecule has 2 amide bonds. The lowest BCUT2D eigenvalue weighted by molar-refractivity contribution is -0.133. The Bertz CT molecular complexity index is 1230. The molecular formula is C26H22F2N4O2. The Labute approximate surface area is 195 Å². The third-order valence-corrected chi connectivity index (χ3v) is 5.89. The van der Waals surface area contributed by atoms with Crippen molar-refractivity contribution in [3.63, 3.8) is 0 Å². The van der Waals surface area contributed by atoms with Crippen LogP contribution in [0.2, 0.25) is 0 Å². The van der Waals surface area contributed by atoms with Gasteiger partial charge in [0.15, 0.2) is 5.54 Å². The van der Waals surface area contributed by atoms with Gasteiger partial charge in [0.1, 0.15) is 0 Å². The molecule has 1 fully saturated rings. The lowest BCUT2D eigenvalue weighted by Crippen LogP contribution is -2.48. The number of hydrogen-bond acceptors (Lipinski definition) is 4. The molecule has 3 aromatic rings. The summed E-state index contributed by atoms with van der Waals surface area (Å²) in [7, 11) is 0. The highest BCUT2D eigenvalue weighted by Gasteiger charge is 2.58. The Balaban J connectivity index is 1.51. The van der Waals surface area contributed by atoms with E-state index >= 15 is 0 Å². The minimum Gasteiger partial charge on any atom is -0.343 e. The van der Waals surface area contributed by atoms with Crippen LogP contribution in [0.1, 0.15) is 33.5 Å². The van der Waals surface area contributed by atoms with Crippen molar-refractivity contribution in [3.8, 4) is 6.07 Å². The summed E-state index contributed by atoms with van der Waals surface area (Å²) >= 11 is 0. The normalized spacial score (nSPS) is 18.8. The van der Waals surface area contributed by atoms with E-state index in [1.165, 1.54) is 6.20 Å². The quantitative estimate of drug-likeness (QED) is 0.608. The lowest BCUT2D eigenvalue weighted by Gasteiger charge is -2.32. The molecule has 34 heavy (non-hydrogen) atoms. The Morgan fingerprint density at radius 2 is 1.74 bits per heavy atom. The molecular weight excluding hydrogens is 438 g/mol. The molecule has 0 saturated carbocycles. The summed E-state index contributed by atoms with van der Waals surface area (Å²) in [6.07, 6.45) is 2.73. The standard InChI is InChI=1S/C26H22F2N4O2/c27-26(28)16-25(17-29,21-9-5-2-6-10-21)32(18-26)23(33)15-31-24(34)22-11-12-30-14-20(22)13-19-7-3-1-4-8-19/h1-12,14H,13,15-16,18H2,(H,31,34). The molecule has 1 aliphatic rings. The maximum atomic E-state index is 14.4. The average Bonchev–Trinajstić information content (AvgIpc) is 3.15. The number of alkyl halides is 2. The number of aromatic nitrogens is 1. The highest BCUT2D eigenvalue weighted by molar-refractivity contribution is 5.97. The molecule has 8 heteroatoms. The van der Waals surface area contributed by atoms with Crippen molar-refractivity contribution in [1.29, 1.82) is 5.26 Å². The largest absolute Gasteiger partial charge is 0.343 e. The summed E-state index contributed by atoms with van der Waals surface area (Å²) < 4.78 is 28.8. The van der Waals surface area contributed by atoms with Crippen LogP contribution in [0.5, 0.6) is 0 Å². The third kappa shape index (κ3) is 4.64. The van der Waals surface area contributed by atoms with Crippen LogP contribution in [-0.2, 0) is 16.8 Å². The summed E-state index contributed by atoms with van der Waals surface area (Å²) in [6, 6.07) is 21.1. The van der Waals surface area contributed by atoms with Crippen LogP contribution >= 0.6 is 0 Å². The van der Waals surface area contributed by atoms with Crippen LogP contribution in [0, 0.1) is 11.3 Å². The zero-order valence-electron chi connectivity index (χ0n) is 18.2. The van der Waals surface area contributed by atoms with E-state index < -0.39 is 42.8 Å². The second-order valence-electron chi connectivity index (χ2n) is 8.23. The summed E-state index contributed by atoms with van der Waals surface area (Å²) in [5, 5.41) is 12.4. The first kappa shape index (κ1) is 23.1. The molecule has 2 aromatic carbocycles. The van der Waals surface area contributed by atoms with Gasteiger partial charge in [0.25, 0.3) is 11.8 Å². The summed E-state index contributed by atoms with van der Waals surface area (Å²) in [6.45, 7) is -1.41. The van der Waals surface area contributed by atoms with Crippen LogP contribution in [0.4, 0.5) is 8.78 Å². The van der Waals surface area contributed by atoms with Gasteiger partial charge < -0.3 is 10.2 Å². The predicted octanol–water partition coefficient (Wildman–Crippen LogP) is 3.69. The van der Waals surface area contributed by atoms with Crippen molar-refractivity contribution in [2.24, 2.45) is 0 Å². The zero-order chi connectivity index (χ0) is 24.2. The molecule has 6 nitrogen and oxygen atoms in total. The van der Waals surface area contributed by atoms with Crippen molar-refractivity contribution in [3.05, 3.63) is 101 Å². The number of likely N-dealkylation sites (tertiary alicyclic amines) is 1. The summed E-state index contributed by atoms with van der Waals surface area (Å²) in [5.74, 6) is -4.50. The van der Waals surface area contributed by atoms with Gasteiger partial charge in [-0.2, -0.15) is 5.26 Å². The number of carbonyl (C=O) groups excluding carboxylic acids is 2. The minimum absolute atomic E-state index is 0.314. The van der Waals surface area contributed by atoms with Crippen LogP contribution in [-0.4, -0.2) is 40.7 Å². The Hall–Kier alpha value is -4.12. The number of halogens is 2. The first-order valence-corrected chi connectivity index (χ1v) is 10.7. The molecule has 0 bridgehead atoms. The fraction of sp³-hybridized carbons (Fsp3) is 0.231. The highest BCUT2D eigenvalue weighted by Crippen LogP contribution is 2.45. The Morgan fingerprint density at radius 1 is 1.06 bits per heavy atom. The number of pyridine rings is 1. The SMILES string of the molecule is N#CC1(c2ccccc2)CC(F)(F)CN1C(=O)CNC(=O)c1ccncc1Cc1ccccc1. The van der Waals surface area contributed by atoms with Crippen molar-refractivity contribution >= 4 is 11.8 Å². The molecule has 4 rings (SSSR count). The van der Waals surface area contributed by atoms with E-state index in [0.29, 0.717) is 23.1 Å². The second-order valence-corrected chi connectivity index (χ2v) is 8.23. The molecule has 172 valence electrons. The van der Waals surface area contributed by atoms with Crippen molar-refractivity contribution < 1.29 is 18.4 Å². The predicted molar refractivity (Wildman–Crippen MR) is 121 cm³/mol. The summed E-state index contributed by atoms with van der Waals surface area (Å²) in [5.41, 5.74) is 0.507. The zero-order valence-corrected chi connectivity index (χ0v) is 18.2. The maximum Gasteiger partial charge on any atom is 0.269 e. The molecule has 1 N–H and O–H groups in total. The monoisotopic (exact) mass is 460 g/mol. The smallest absolute Gasteiger partial charge is 0.269 e. The minimum atomic E-state index is -3.22. The van der Waals surface area contributed by atoms with Gasteiger partial charge in [-0.3, -0.25) is 14.6 Å². The molecule has 1 atom stereocenters. The molecule has 1 saturated heterocycles. The Morgan fingerprint density at radius 3 is 2.41 bits per heavy atom. The topological polar surface area (TPSA) is 86.1 Å². The fourth-order valence-electron chi connectivity index (χ4n) is 4.28. The van der Waals surface area contributed by atoms with E-state index in [9.17, 15) is 23.6 Å². The van der Waals surface area contributed by atoms with Crippen molar-refractivity contribution in [1.82, 2.24) is 15.2 Å². The first-order chi connectivity index (χ1) is 16.3. The molecule has 0 radical (unpaired) electrons. The Kier molecular flexibility index (Phi) is 6.37. The van der Waals surface area contributed by atoms with Gasteiger partial charge >= 0.3 is 0 Å². The average molecular weight is 460 g/mol. The number of nitrogens with zero attached hydrogens (tertiary/aromatic N) is 3. The molecule has 2 heterocycles. The van der Waals surface area contributed by atoms with Gasteiger partial charge in [-0.25, -0.2) is 8.78 Å². The molecule has 0 aliphatic carbocycles. The van der Waals surface area contributed by atoms with E-state index in [1.807, 2.05) is 36.4 Å². The fourth-order valence-corrected chi connectivity index (χ4v) is 4.28. The number of amides is 2. The van der Waals surface area contributed by atoms with Crippen molar-refractivity contribution in [2.45, 2.75) is 24.3 Å². The number of benzene rings is 2. The summed E-state index contributed by atoms with van der Waals surface area (Å²) in [4.78, 5) is 30.8. The van der Waals surface area contributed by atoms with Crippen LogP contribution in [0.3, 0.4) is 0 Å². The van der Waals surface area contributed by atoms with Gasteiger partial charge in [0.2, 0.25) is 5.91 Å². The number of nitriles is 1. The van der Waals surface area contributed by atoms with Crippen molar-refractivity contribution in [2.75, 3.05) is 13.1 Å². The van der Waals surface area contributed by atoms with Gasteiger partial charge in [0, 0.05) is 18.0 Å². The highest BCUT2D eigenvalue weighted by atomic mass is 19.3. The van der Waals surface area contributed by atoms with Gasteiger partial charge in [-0.05, 0) is 29.2 Å². The number of nitrogens with one attached hydrogen (secondary N) is 1. The van der Waals surface area contributed by atoms with Gasteiger partial charge in [-0.1, -0.05) is 60.7 Å². The first-order valence-electron chi connectivity index (χ1n) is 10.7. The van der Waals surface area contributed by atoms with Gasteiger partial charge in [0.05, 0.1) is 25.6 Å². The molecule has 1 aromatic heterocycles. The second kappa shape index (κ2) is 9.40. The van der Waals surface area contributed by atoms with Crippen LogP contribution in [0.25, 0.3) is 0 Å². The molecule has 0 spiro atoms. The number of rotatable bonds is 6. The van der Waals surface area contributed by atoms with E-state index in [-0.39, 0.29) is 0 Å². The van der Waals surface area contributed by atoms with E-state index in [1.54, 1.807) is 42.6 Å². The molecule has 1 unspecified atom stereocenters. The van der Waals surface area contributed by atoms with E-state index in [0.717, 1.165) is 10.5 Å². The van der Waals surface area contributed by atoms with Crippen LogP contribution in [0.15, 0.2) is 79.1 Å². The maximum absolute atomic E-state index is 14.4.